The lowest BCUT2D eigenvalue weighted by Gasteiger charge is -2.21. The van der Waals surface area contributed by atoms with Gasteiger partial charge in [0.15, 0.2) is 0 Å². The number of fused-ring (bicyclic) bond motifs is 15. The van der Waals surface area contributed by atoms with Crippen molar-refractivity contribution in [1.29, 1.82) is 0 Å². The summed E-state index contributed by atoms with van der Waals surface area (Å²) in [4.78, 5) is 0. The zero-order valence-electron chi connectivity index (χ0n) is 42.7. The number of rotatable bonds is 6. The van der Waals surface area contributed by atoms with E-state index in [9.17, 15) is 0 Å². The first-order valence-corrected chi connectivity index (χ1v) is 27.2. The van der Waals surface area contributed by atoms with Crippen LogP contribution in [-0.2, 0) is 0 Å². The smallest absolute Gasteiger partial charge is 0.00137 e. The van der Waals surface area contributed by atoms with Crippen LogP contribution in [0.3, 0.4) is 0 Å². The number of hydrogen-bond acceptors (Lipinski definition) is 0. The van der Waals surface area contributed by atoms with Crippen molar-refractivity contribution < 1.29 is 0 Å². The van der Waals surface area contributed by atoms with Gasteiger partial charge in [-0.15, -0.1) is 0 Å². The lowest BCUT2D eigenvalue weighted by atomic mass is 9.82. The van der Waals surface area contributed by atoms with Crippen LogP contribution in [0.1, 0.15) is 0 Å². The van der Waals surface area contributed by atoms with E-state index in [0.29, 0.717) is 0 Å². The summed E-state index contributed by atoms with van der Waals surface area (Å²) in [5, 5.41) is 22.6. The van der Waals surface area contributed by atoms with Gasteiger partial charge in [0.1, 0.15) is 0 Å². The van der Waals surface area contributed by atoms with Crippen LogP contribution in [0.2, 0.25) is 0 Å². The van der Waals surface area contributed by atoms with E-state index in [-0.39, 0.29) is 0 Å². The quantitative estimate of drug-likeness (QED) is 0.115. The highest BCUT2D eigenvalue weighted by molar-refractivity contribution is 6.40. The third-order valence-corrected chi connectivity index (χ3v) is 16.8. The van der Waals surface area contributed by atoms with Crippen LogP contribution in [0.15, 0.2) is 291 Å². The topological polar surface area (TPSA) is 0 Å². The summed E-state index contributed by atoms with van der Waals surface area (Å²) in [6.45, 7) is 0. The van der Waals surface area contributed by atoms with E-state index in [1.807, 2.05) is 0 Å². The molecule has 0 N–H and O–H groups in total. The van der Waals surface area contributed by atoms with Gasteiger partial charge in [0.25, 0.3) is 0 Å². The van der Waals surface area contributed by atoms with Gasteiger partial charge >= 0.3 is 0 Å². The lowest BCUT2D eigenvalue weighted by molar-refractivity contribution is 1.61. The van der Waals surface area contributed by atoms with Crippen molar-refractivity contribution in [3.63, 3.8) is 0 Å². The van der Waals surface area contributed by atoms with Gasteiger partial charge in [0.05, 0.1) is 0 Å². The summed E-state index contributed by atoms with van der Waals surface area (Å²) < 4.78 is 0. The minimum atomic E-state index is 1.21. The first-order valence-electron chi connectivity index (χ1n) is 27.2. The Balaban J connectivity index is 0.966. The van der Waals surface area contributed by atoms with Crippen molar-refractivity contribution in [3.05, 3.63) is 291 Å². The first-order chi connectivity index (χ1) is 38.7. The molecular formula is C78H48. The van der Waals surface area contributed by atoms with Gasteiger partial charge in [-0.3, -0.25) is 0 Å². The summed E-state index contributed by atoms with van der Waals surface area (Å²) in [7, 11) is 0. The van der Waals surface area contributed by atoms with E-state index in [1.165, 1.54) is 164 Å². The molecule has 0 aliphatic carbocycles. The molecule has 16 aromatic carbocycles. The normalized spacial score (nSPS) is 11.8. The molecule has 0 spiro atoms. The average Bonchev–Trinajstić information content (AvgIpc) is 3.41. The molecule has 0 heteroatoms. The monoisotopic (exact) mass is 984 g/mol. The maximum Gasteiger partial charge on any atom is -0.00137 e. The number of hydrogen-bond donors (Lipinski definition) is 0. The van der Waals surface area contributed by atoms with Crippen LogP contribution in [-0.4, -0.2) is 0 Å². The molecule has 0 bridgehead atoms. The molecule has 78 heavy (non-hydrogen) atoms. The highest BCUT2D eigenvalue weighted by Crippen LogP contribution is 2.50. The van der Waals surface area contributed by atoms with Crippen molar-refractivity contribution in [3.8, 4) is 66.8 Å². The van der Waals surface area contributed by atoms with Crippen LogP contribution in [0.25, 0.3) is 164 Å². The van der Waals surface area contributed by atoms with E-state index >= 15 is 0 Å². The Morgan fingerprint density at radius 2 is 0.346 bits per heavy atom. The highest BCUT2D eigenvalue weighted by atomic mass is 14.3. The molecule has 0 unspecified atom stereocenters. The Kier molecular flexibility index (Phi) is 10.0. The van der Waals surface area contributed by atoms with Crippen LogP contribution < -0.4 is 0 Å². The SMILES string of the molecule is c1ccc(-c2cccc(-c3c4ccccc4c(-c4ccc5c6ccccc6c6c7cc(-c8c9ccccc9c(-c9cccc(-c%10ccccc%10)c9)c9ccccc89)ccc7c7ccccc7c6c5c4)c4ccccc34)c2)cc1. The van der Waals surface area contributed by atoms with Crippen LogP contribution >= 0.6 is 0 Å². The Hall–Kier alpha value is -10.1. The minimum Gasteiger partial charge on any atom is -0.0622 e. The van der Waals surface area contributed by atoms with Crippen molar-refractivity contribution in [2.24, 2.45) is 0 Å². The number of benzene rings is 16. The fraction of sp³-hybridized carbons (Fsp3) is 0. The third kappa shape index (κ3) is 6.80. The molecule has 0 saturated heterocycles. The van der Waals surface area contributed by atoms with Gasteiger partial charge in [-0.1, -0.05) is 267 Å². The van der Waals surface area contributed by atoms with E-state index < -0.39 is 0 Å². The molecule has 0 aliphatic rings. The molecule has 0 atom stereocenters. The van der Waals surface area contributed by atoms with Crippen molar-refractivity contribution in [2.45, 2.75) is 0 Å². The van der Waals surface area contributed by atoms with E-state index in [0.717, 1.165) is 0 Å². The second-order valence-electron chi connectivity index (χ2n) is 20.9. The van der Waals surface area contributed by atoms with E-state index in [1.54, 1.807) is 0 Å². The fourth-order valence-electron chi connectivity index (χ4n) is 13.5. The van der Waals surface area contributed by atoms with Crippen molar-refractivity contribution in [2.75, 3.05) is 0 Å². The van der Waals surface area contributed by atoms with Gasteiger partial charge < -0.3 is 0 Å². The van der Waals surface area contributed by atoms with Crippen LogP contribution in [0.4, 0.5) is 0 Å². The summed E-state index contributed by atoms with van der Waals surface area (Å²) >= 11 is 0. The molecular weight excluding hydrogens is 937 g/mol. The Labute approximate surface area is 452 Å². The van der Waals surface area contributed by atoms with Crippen LogP contribution in [0.5, 0.6) is 0 Å². The second kappa shape index (κ2) is 17.7. The van der Waals surface area contributed by atoms with Crippen molar-refractivity contribution >= 4 is 97.0 Å². The average molecular weight is 985 g/mol. The van der Waals surface area contributed by atoms with E-state index in [2.05, 4.69) is 291 Å². The molecule has 0 aromatic heterocycles. The molecule has 16 aromatic rings. The largest absolute Gasteiger partial charge is 0.0622 e. The Morgan fingerprint density at radius 3 is 0.667 bits per heavy atom. The molecule has 0 heterocycles. The summed E-state index contributed by atoms with van der Waals surface area (Å²) in [6, 6.07) is 109. The Morgan fingerprint density at radius 1 is 0.115 bits per heavy atom. The first kappa shape index (κ1) is 44.2. The zero-order valence-corrected chi connectivity index (χ0v) is 42.7. The molecule has 0 fully saturated rings. The maximum absolute atomic E-state index is 2.52. The van der Waals surface area contributed by atoms with Gasteiger partial charge in [-0.2, -0.15) is 0 Å². The standard InChI is InChI=1S/C78H48/c1-3-21-49(22-4-1)51-25-19-27-53(45-51)73-63-33-11-15-37-67(63)75(68-38-16-12-34-64(68)73)55-41-43-59-57-29-7-10-32-62(57)78-72-48-56(42-44-60(72)58-30-8-9-31-61(58)77(78)71(59)47-55)76-69-39-17-13-35-65(69)74(66-36-14-18-40-70(66)76)54-28-20-26-52(46-54)50-23-5-2-6-24-50/h1-48H. The van der Waals surface area contributed by atoms with Gasteiger partial charge in [0.2, 0.25) is 0 Å². The molecule has 0 radical (unpaired) electrons. The fourth-order valence-corrected chi connectivity index (χ4v) is 13.5. The van der Waals surface area contributed by atoms with E-state index in [4.69, 9.17) is 0 Å². The predicted octanol–water partition coefficient (Wildman–Crippen LogP) is 22.1. The van der Waals surface area contributed by atoms with Crippen molar-refractivity contribution in [1.82, 2.24) is 0 Å². The predicted molar refractivity (Wildman–Crippen MR) is 337 cm³/mol. The van der Waals surface area contributed by atoms with Crippen LogP contribution in [0, 0.1) is 0 Å². The highest BCUT2D eigenvalue weighted by Gasteiger charge is 2.23. The summed E-state index contributed by atoms with van der Waals surface area (Å²) in [5.41, 5.74) is 14.8. The summed E-state index contributed by atoms with van der Waals surface area (Å²) in [5.74, 6) is 0. The minimum absolute atomic E-state index is 1.21. The van der Waals surface area contributed by atoms with Gasteiger partial charge in [-0.05, 0) is 188 Å². The third-order valence-electron chi connectivity index (χ3n) is 16.8. The maximum atomic E-state index is 2.52. The molecule has 16 rings (SSSR count). The second-order valence-corrected chi connectivity index (χ2v) is 20.9. The Bertz CT molecular complexity index is 4680. The molecule has 360 valence electrons. The van der Waals surface area contributed by atoms with Gasteiger partial charge in [0, 0.05) is 0 Å². The molecule has 0 nitrogen and oxygen atoms in total. The summed E-state index contributed by atoms with van der Waals surface area (Å²) in [6.07, 6.45) is 0. The van der Waals surface area contributed by atoms with Gasteiger partial charge in [-0.25, -0.2) is 0 Å². The molecule has 0 saturated carbocycles. The molecule has 0 aliphatic heterocycles. The lowest BCUT2D eigenvalue weighted by Crippen LogP contribution is -1.93. The molecule has 0 amide bonds. The zero-order chi connectivity index (χ0) is 51.3.